The van der Waals surface area contributed by atoms with Gasteiger partial charge in [-0.25, -0.2) is 0 Å². The van der Waals surface area contributed by atoms with Crippen LogP contribution in [0.2, 0.25) is 0 Å². The fourth-order valence-corrected chi connectivity index (χ4v) is 11.0. The number of aromatic hydroxyl groups is 1. The molecule has 77 heavy (non-hydrogen) atoms. The lowest BCUT2D eigenvalue weighted by atomic mass is 10.00. The Morgan fingerprint density at radius 3 is 2.03 bits per heavy atom. The third kappa shape index (κ3) is 16.9. The van der Waals surface area contributed by atoms with Crippen LogP contribution >= 0.6 is 21.6 Å². The summed E-state index contributed by atoms with van der Waals surface area (Å²) in [4.78, 5) is 116. The second-order valence-corrected chi connectivity index (χ2v) is 22.0. The van der Waals surface area contributed by atoms with Gasteiger partial charge in [0, 0.05) is 41.4 Å². The summed E-state index contributed by atoms with van der Waals surface area (Å²) < 4.78 is 0. The smallest absolute Gasteiger partial charge is 0.244 e. The van der Waals surface area contributed by atoms with E-state index in [0.29, 0.717) is 24.0 Å². The van der Waals surface area contributed by atoms with Crippen molar-refractivity contribution in [1.29, 1.82) is 0 Å². The van der Waals surface area contributed by atoms with Gasteiger partial charge in [-0.3, -0.25) is 38.4 Å². The van der Waals surface area contributed by atoms with Crippen molar-refractivity contribution in [1.82, 2.24) is 42.2 Å². The number of aliphatic hydroxyl groups excluding tert-OH is 1. The number of para-hydroxylation sites is 1. The van der Waals surface area contributed by atoms with Gasteiger partial charge in [0.1, 0.15) is 48.0 Å². The third-order valence-electron chi connectivity index (χ3n) is 13.1. The van der Waals surface area contributed by atoms with E-state index in [1.54, 1.807) is 32.2 Å². The number of phenolic OH excluding ortho intramolecular Hbond substituents is 1. The first kappa shape index (κ1) is 59.1. The highest BCUT2D eigenvalue weighted by atomic mass is 33.1. The molecule has 1 unspecified atom stereocenters. The van der Waals surface area contributed by atoms with Crippen LogP contribution in [0.15, 0.2) is 97.2 Å². The van der Waals surface area contributed by atoms with Gasteiger partial charge in [0.15, 0.2) is 0 Å². The standard InChI is InChI=1S/C54H69N11O10S2/c1-29(2)45-54(75)63-44(53(74)65-46(30(3)66)47(57)68)28-77-76-27-43(62-48(69)38(56)23-32-15-18-33-10-4-5-11-34(33)22-32)52(73)60-41(24-31-16-19-36(67)20-17-31)50(71)61-42(25-35-26-58-39-13-7-6-12-37(35)39)51(72)59-40(49(70)64-45)14-8-9-21-55/h4-7,10-13,15-20,22,26,29-30,38,40-46,58,66-67H,8-9,14,21,23-25,27-28,55-56H2,1-3H3,(H2,57,68)(H,59,72)(H,60,73)(H,61,71)(H,62,69)(H,63,75)(H,64,70)(H,65,74)/t30-,38-,40-,41+,42+,43+,44-,45-,46?/m0/s1. The number of carbonyl (C=O) groups excluding carboxylic acids is 8. The van der Waals surface area contributed by atoms with Crippen LogP contribution in [-0.4, -0.2) is 135 Å². The van der Waals surface area contributed by atoms with Gasteiger partial charge in [-0.1, -0.05) is 108 Å². The van der Waals surface area contributed by atoms with Gasteiger partial charge >= 0.3 is 0 Å². The molecule has 1 fully saturated rings. The minimum absolute atomic E-state index is 0.0501. The first-order valence-corrected chi connectivity index (χ1v) is 27.9. The zero-order valence-electron chi connectivity index (χ0n) is 43.1. The first-order chi connectivity index (χ1) is 36.8. The van der Waals surface area contributed by atoms with E-state index in [1.807, 2.05) is 66.7 Å². The molecular weight excluding hydrogens is 1030 g/mol. The molecule has 9 atom stereocenters. The van der Waals surface area contributed by atoms with E-state index in [4.69, 9.17) is 17.2 Å². The number of hydrogen-bond acceptors (Lipinski definition) is 14. The molecule has 0 radical (unpaired) electrons. The molecular formula is C54H69N11O10S2. The molecule has 412 valence electrons. The van der Waals surface area contributed by atoms with E-state index in [0.717, 1.165) is 48.8 Å². The Morgan fingerprint density at radius 1 is 0.714 bits per heavy atom. The Hall–Kier alpha value is -7.18. The number of nitrogens with one attached hydrogen (secondary N) is 8. The fraction of sp³-hybridized carbons (Fsp3) is 0.407. The minimum Gasteiger partial charge on any atom is -0.508 e. The van der Waals surface area contributed by atoms with Gasteiger partial charge < -0.3 is 69.6 Å². The van der Waals surface area contributed by atoms with Crippen LogP contribution in [0.5, 0.6) is 5.75 Å². The van der Waals surface area contributed by atoms with E-state index < -0.39 is 108 Å². The van der Waals surface area contributed by atoms with E-state index in [-0.39, 0.29) is 49.5 Å². The topological polar surface area (TPSA) is 355 Å². The van der Waals surface area contributed by atoms with Crippen molar-refractivity contribution >= 4 is 90.5 Å². The Labute approximate surface area is 453 Å². The maximum atomic E-state index is 14.9. The van der Waals surface area contributed by atoms with Gasteiger partial charge in [-0.2, -0.15) is 0 Å². The Morgan fingerprint density at radius 2 is 1.34 bits per heavy atom. The van der Waals surface area contributed by atoms with Crippen molar-refractivity contribution in [3.8, 4) is 5.75 Å². The molecule has 21 nitrogen and oxygen atoms in total. The number of aromatic amines is 1. The highest BCUT2D eigenvalue weighted by Crippen LogP contribution is 2.25. The summed E-state index contributed by atoms with van der Waals surface area (Å²) >= 11 is 0. The monoisotopic (exact) mass is 1100 g/mol. The number of nitrogens with two attached hydrogens (primary N) is 3. The van der Waals surface area contributed by atoms with Gasteiger partial charge in [0.2, 0.25) is 47.3 Å². The Bertz CT molecular complexity index is 2890. The summed E-state index contributed by atoms with van der Waals surface area (Å²) in [6, 6.07) is 15.8. The van der Waals surface area contributed by atoms with Crippen LogP contribution < -0.4 is 54.4 Å². The van der Waals surface area contributed by atoms with E-state index >= 15 is 0 Å². The van der Waals surface area contributed by atoms with Crippen molar-refractivity contribution < 1.29 is 48.6 Å². The van der Waals surface area contributed by atoms with Crippen molar-refractivity contribution in [2.24, 2.45) is 23.1 Å². The highest BCUT2D eigenvalue weighted by Gasteiger charge is 2.36. The average Bonchev–Trinajstić information content (AvgIpc) is 3.81. The quantitative estimate of drug-likeness (QED) is 0.0453. The number of amides is 8. The molecule has 2 heterocycles. The number of aliphatic hydroxyl groups is 1. The number of primary amides is 1. The summed E-state index contributed by atoms with van der Waals surface area (Å²) in [6.45, 7) is 4.85. The molecule has 16 N–H and O–H groups in total. The predicted octanol–water partition coefficient (Wildman–Crippen LogP) is 0.822. The zero-order valence-corrected chi connectivity index (χ0v) is 44.7. The number of carbonyl (C=O) groups is 8. The summed E-state index contributed by atoms with van der Waals surface area (Å²) in [5, 5.41) is 42.1. The average molecular weight is 1100 g/mol. The predicted molar refractivity (Wildman–Crippen MR) is 296 cm³/mol. The second-order valence-electron chi connectivity index (χ2n) is 19.4. The van der Waals surface area contributed by atoms with Crippen LogP contribution in [-0.2, 0) is 57.6 Å². The number of fused-ring (bicyclic) bond motifs is 2. The number of aromatic nitrogens is 1. The minimum atomic E-state index is -1.55. The lowest BCUT2D eigenvalue weighted by Gasteiger charge is -2.29. The molecule has 0 bridgehead atoms. The van der Waals surface area contributed by atoms with E-state index in [2.05, 4.69) is 42.2 Å². The zero-order chi connectivity index (χ0) is 55.8. The Balaban J connectivity index is 1.39. The van der Waals surface area contributed by atoms with Crippen molar-refractivity contribution in [3.63, 3.8) is 0 Å². The van der Waals surface area contributed by atoms with Gasteiger partial charge in [0.05, 0.1) is 12.1 Å². The largest absolute Gasteiger partial charge is 0.508 e. The number of benzene rings is 4. The number of hydrogen-bond donors (Lipinski definition) is 13. The first-order valence-electron chi connectivity index (χ1n) is 25.4. The van der Waals surface area contributed by atoms with Crippen LogP contribution in [0, 0.1) is 5.92 Å². The van der Waals surface area contributed by atoms with Crippen molar-refractivity contribution in [2.75, 3.05) is 18.1 Å². The molecule has 0 saturated carbocycles. The van der Waals surface area contributed by atoms with Gasteiger partial charge in [-0.15, -0.1) is 0 Å². The summed E-state index contributed by atoms with van der Waals surface area (Å²) in [5.41, 5.74) is 20.5. The van der Waals surface area contributed by atoms with Crippen molar-refractivity contribution in [2.45, 2.75) is 114 Å². The highest BCUT2D eigenvalue weighted by molar-refractivity contribution is 8.76. The van der Waals surface area contributed by atoms with Gasteiger partial charge in [0.25, 0.3) is 0 Å². The van der Waals surface area contributed by atoms with Crippen LogP contribution in [0.3, 0.4) is 0 Å². The molecule has 23 heteroatoms. The number of unbranched alkanes of at least 4 members (excludes halogenated alkanes) is 1. The SMILES string of the molecule is CC(C)[C@@H]1NC(=O)[C@H](CCCCN)NC(=O)[C@@H](Cc2c[nH]c3ccccc23)NC(=O)[C@@H](Cc2ccc(O)cc2)NC(=O)[C@H](NC(=O)[C@@H](N)Cc2ccc3ccccc3c2)CSSC[C@@H](C(=O)NC(C(N)=O)[C@H](C)O)NC1=O. The molecule has 1 saturated heterocycles. The van der Waals surface area contributed by atoms with Crippen LogP contribution in [0.4, 0.5) is 0 Å². The Kier molecular flexibility index (Phi) is 21.7. The normalized spacial score (nSPS) is 21.6. The van der Waals surface area contributed by atoms with Crippen LogP contribution in [0.1, 0.15) is 56.7 Å². The molecule has 6 rings (SSSR count). The fourth-order valence-electron chi connectivity index (χ4n) is 8.71. The molecule has 8 amide bonds. The molecule has 5 aromatic rings. The number of H-pyrrole nitrogens is 1. The summed E-state index contributed by atoms with van der Waals surface area (Å²) in [7, 11) is 2.03. The molecule has 1 aromatic heterocycles. The molecule has 0 spiro atoms. The van der Waals surface area contributed by atoms with Crippen molar-refractivity contribution in [3.05, 3.63) is 114 Å². The lowest BCUT2D eigenvalue weighted by molar-refractivity contribution is -0.136. The summed E-state index contributed by atoms with van der Waals surface area (Å²) in [5.74, 6) is -7.66. The maximum Gasteiger partial charge on any atom is 0.244 e. The van der Waals surface area contributed by atoms with E-state index in [9.17, 15) is 48.6 Å². The number of phenols is 1. The van der Waals surface area contributed by atoms with Gasteiger partial charge in [-0.05, 0) is 90.7 Å². The second kappa shape index (κ2) is 28.3. The molecule has 1 aliphatic rings. The molecule has 1 aliphatic heterocycles. The maximum absolute atomic E-state index is 14.9. The number of rotatable bonds is 17. The van der Waals surface area contributed by atoms with Crippen LogP contribution in [0.25, 0.3) is 21.7 Å². The third-order valence-corrected chi connectivity index (χ3v) is 15.5. The lowest BCUT2D eigenvalue weighted by Crippen LogP contribution is -2.62. The van der Waals surface area contributed by atoms with E-state index in [1.165, 1.54) is 19.1 Å². The molecule has 0 aliphatic carbocycles. The molecule has 4 aromatic carbocycles. The summed E-state index contributed by atoms with van der Waals surface area (Å²) in [6.07, 6.45) is 1.05.